The summed E-state index contributed by atoms with van der Waals surface area (Å²) < 4.78 is 0.406. The molecule has 1 aliphatic rings. The summed E-state index contributed by atoms with van der Waals surface area (Å²) in [6, 6.07) is 4.43. The molecule has 0 saturated carbocycles. The first-order valence-electron chi connectivity index (χ1n) is 5.89. The summed E-state index contributed by atoms with van der Waals surface area (Å²) in [7, 11) is 0. The minimum absolute atomic E-state index is 0.0212. The maximum Gasteiger partial charge on any atom is 0.336 e. The van der Waals surface area contributed by atoms with Gasteiger partial charge in [-0.2, -0.15) is 0 Å². The second kappa shape index (κ2) is 4.90. The maximum atomic E-state index is 12.3. The van der Waals surface area contributed by atoms with E-state index in [-0.39, 0.29) is 23.8 Å². The number of benzene rings is 1. The summed E-state index contributed by atoms with van der Waals surface area (Å²) in [5, 5.41) is 10.2. The lowest BCUT2D eigenvalue weighted by molar-refractivity contribution is -0.139. The largest absolute Gasteiger partial charge is 0.478 e. The lowest BCUT2D eigenvalue weighted by Gasteiger charge is -2.36. The Morgan fingerprint density at radius 2 is 2.05 bits per heavy atom. The molecule has 1 fully saturated rings. The summed E-state index contributed by atoms with van der Waals surface area (Å²) in [5.41, 5.74) is 1.98. The van der Waals surface area contributed by atoms with Crippen LogP contribution >= 0.6 is 15.9 Å². The molecule has 106 valence electrons. The predicted molar refractivity (Wildman–Crippen MR) is 75.1 cm³/mol. The van der Waals surface area contributed by atoms with E-state index < -0.39 is 11.4 Å². The first-order chi connectivity index (χ1) is 9.22. The van der Waals surface area contributed by atoms with E-state index in [0.29, 0.717) is 10.2 Å². The number of carboxylic acids is 1. The van der Waals surface area contributed by atoms with Gasteiger partial charge in [0.15, 0.2) is 0 Å². The molecule has 1 aromatic rings. The fourth-order valence-electron chi connectivity index (χ4n) is 1.99. The van der Waals surface area contributed by atoms with Crippen LogP contribution in [0.5, 0.6) is 0 Å². The Labute approximate surface area is 123 Å². The Bertz CT molecular complexity index is 612. The van der Waals surface area contributed by atoms with Crippen molar-refractivity contribution in [3.63, 3.8) is 0 Å². The van der Waals surface area contributed by atoms with E-state index in [1.54, 1.807) is 19.9 Å². The van der Waals surface area contributed by atoms with Gasteiger partial charge in [-0.1, -0.05) is 13.8 Å². The normalized spacial score (nSPS) is 17.9. The summed E-state index contributed by atoms with van der Waals surface area (Å²) >= 11 is 3.13. The molecule has 7 heteroatoms. The topological polar surface area (TPSA) is 86.7 Å². The van der Waals surface area contributed by atoms with Gasteiger partial charge in [-0.15, -0.1) is 0 Å². The number of halogens is 1. The van der Waals surface area contributed by atoms with Crippen LogP contribution in [0.2, 0.25) is 0 Å². The molecule has 0 aromatic heterocycles. The maximum absolute atomic E-state index is 12.3. The smallest absolute Gasteiger partial charge is 0.336 e. The molecule has 0 unspecified atom stereocenters. The average Bonchev–Trinajstić information content (AvgIpc) is 2.33. The monoisotopic (exact) mass is 340 g/mol. The number of nitrogens with one attached hydrogen (secondary N) is 1. The van der Waals surface area contributed by atoms with E-state index in [2.05, 4.69) is 21.4 Å². The van der Waals surface area contributed by atoms with Gasteiger partial charge < -0.3 is 5.11 Å². The number of amides is 2. The van der Waals surface area contributed by atoms with Gasteiger partial charge >= 0.3 is 5.97 Å². The van der Waals surface area contributed by atoms with Crippen LogP contribution in [0.1, 0.15) is 30.6 Å². The Hall–Kier alpha value is -1.89. The molecule has 0 radical (unpaired) electrons. The number of hydrogen-bond donors (Lipinski definition) is 2. The highest BCUT2D eigenvalue weighted by Gasteiger charge is 2.40. The third kappa shape index (κ3) is 2.53. The number of carbonyl (C=O) groups is 3. The highest BCUT2D eigenvalue weighted by molar-refractivity contribution is 9.10. The van der Waals surface area contributed by atoms with Gasteiger partial charge in [0.25, 0.3) is 5.91 Å². The van der Waals surface area contributed by atoms with E-state index >= 15 is 0 Å². The Morgan fingerprint density at radius 1 is 1.40 bits per heavy atom. The van der Waals surface area contributed by atoms with Crippen molar-refractivity contribution in [2.75, 3.05) is 5.01 Å². The van der Waals surface area contributed by atoms with Crippen LogP contribution in [-0.4, -0.2) is 22.9 Å². The predicted octanol–water partition coefficient (Wildman–Crippen LogP) is 1.94. The number of carbonyl (C=O) groups excluding carboxylic acids is 2. The van der Waals surface area contributed by atoms with Gasteiger partial charge in [0, 0.05) is 10.9 Å². The zero-order valence-electron chi connectivity index (χ0n) is 10.9. The van der Waals surface area contributed by atoms with Crippen molar-refractivity contribution in [2.24, 2.45) is 5.41 Å². The summed E-state index contributed by atoms with van der Waals surface area (Å²) in [5.74, 6) is -1.68. The van der Waals surface area contributed by atoms with Crippen molar-refractivity contribution < 1.29 is 19.5 Å². The van der Waals surface area contributed by atoms with Crippen molar-refractivity contribution in [1.82, 2.24) is 5.43 Å². The lowest BCUT2D eigenvalue weighted by atomic mass is 9.86. The molecule has 0 spiro atoms. The third-order valence-corrected chi connectivity index (χ3v) is 3.75. The molecule has 2 N–H and O–H groups in total. The van der Waals surface area contributed by atoms with Gasteiger partial charge in [0.05, 0.1) is 16.7 Å². The number of carboxylic acid groups (broad SMARTS) is 1. The van der Waals surface area contributed by atoms with Crippen LogP contribution < -0.4 is 10.4 Å². The second-order valence-electron chi connectivity index (χ2n) is 5.21. The number of nitrogens with zero attached hydrogens (tertiary/aromatic N) is 1. The van der Waals surface area contributed by atoms with Crippen molar-refractivity contribution in [1.29, 1.82) is 0 Å². The van der Waals surface area contributed by atoms with E-state index in [0.717, 1.165) is 5.01 Å². The van der Waals surface area contributed by atoms with E-state index in [1.807, 2.05) is 0 Å². The van der Waals surface area contributed by atoms with Gasteiger partial charge in [0.1, 0.15) is 0 Å². The van der Waals surface area contributed by atoms with Crippen molar-refractivity contribution >= 4 is 39.4 Å². The SMILES string of the molecule is CC1(C)CC(=O)NN(c2ccc(Br)c(C(=O)O)c2)C1=O. The van der Waals surface area contributed by atoms with Crippen molar-refractivity contribution in [2.45, 2.75) is 20.3 Å². The molecule has 1 aromatic carbocycles. The second-order valence-corrected chi connectivity index (χ2v) is 6.06. The molecular weight excluding hydrogens is 328 g/mol. The van der Waals surface area contributed by atoms with Gasteiger partial charge in [0.2, 0.25) is 5.91 Å². The van der Waals surface area contributed by atoms with Gasteiger partial charge in [-0.3, -0.25) is 15.0 Å². The lowest BCUT2D eigenvalue weighted by Crippen LogP contribution is -2.57. The molecular formula is C13H13BrN2O4. The first-order valence-corrected chi connectivity index (χ1v) is 6.68. The van der Waals surface area contributed by atoms with E-state index in [9.17, 15) is 14.4 Å². The van der Waals surface area contributed by atoms with E-state index in [1.165, 1.54) is 12.1 Å². The number of hydrogen-bond acceptors (Lipinski definition) is 3. The fraction of sp³-hybridized carbons (Fsp3) is 0.308. The van der Waals surface area contributed by atoms with Crippen LogP contribution in [0, 0.1) is 5.41 Å². The molecule has 20 heavy (non-hydrogen) atoms. The fourth-order valence-corrected chi connectivity index (χ4v) is 2.41. The molecule has 2 amide bonds. The molecule has 1 aliphatic heterocycles. The third-order valence-electron chi connectivity index (χ3n) is 3.06. The average molecular weight is 341 g/mol. The Balaban J connectivity index is 2.45. The Morgan fingerprint density at radius 3 is 2.65 bits per heavy atom. The zero-order valence-corrected chi connectivity index (χ0v) is 12.5. The molecule has 6 nitrogen and oxygen atoms in total. The highest BCUT2D eigenvalue weighted by Crippen LogP contribution is 2.31. The number of anilines is 1. The van der Waals surface area contributed by atoms with Crippen LogP contribution in [0.4, 0.5) is 5.69 Å². The number of aromatic carboxylic acids is 1. The zero-order chi connectivity index (χ0) is 15.1. The number of rotatable bonds is 2. The van der Waals surface area contributed by atoms with E-state index in [4.69, 9.17) is 5.11 Å². The van der Waals surface area contributed by atoms with Crippen LogP contribution in [0.15, 0.2) is 22.7 Å². The van der Waals surface area contributed by atoms with Crippen LogP contribution in [-0.2, 0) is 9.59 Å². The molecule has 0 aliphatic carbocycles. The van der Waals surface area contributed by atoms with Crippen LogP contribution in [0.25, 0.3) is 0 Å². The summed E-state index contributed by atoms with van der Waals surface area (Å²) in [4.78, 5) is 35.1. The van der Waals surface area contributed by atoms with Crippen molar-refractivity contribution in [3.8, 4) is 0 Å². The Kier molecular flexibility index (Phi) is 3.56. The quantitative estimate of drug-likeness (QED) is 0.861. The first kappa shape index (κ1) is 14.5. The molecule has 1 saturated heterocycles. The molecule has 0 bridgehead atoms. The van der Waals surface area contributed by atoms with Gasteiger partial charge in [-0.25, -0.2) is 9.80 Å². The summed E-state index contributed by atoms with van der Waals surface area (Å²) in [6.45, 7) is 3.36. The van der Waals surface area contributed by atoms with Crippen molar-refractivity contribution in [3.05, 3.63) is 28.2 Å². The molecule has 2 rings (SSSR count). The minimum atomic E-state index is -1.12. The minimum Gasteiger partial charge on any atom is -0.478 e. The summed E-state index contributed by atoms with van der Waals surface area (Å²) in [6.07, 6.45) is 0.102. The van der Waals surface area contributed by atoms with Gasteiger partial charge in [-0.05, 0) is 34.1 Å². The molecule has 1 heterocycles. The standard InChI is InChI=1S/C13H13BrN2O4/c1-13(2)6-10(17)15-16(12(13)20)7-3-4-9(14)8(5-7)11(18)19/h3-5H,6H2,1-2H3,(H,15,17)(H,18,19). The van der Waals surface area contributed by atoms with Crippen LogP contribution in [0.3, 0.4) is 0 Å². The molecule has 0 atom stereocenters. The highest BCUT2D eigenvalue weighted by atomic mass is 79.9. The number of hydrazine groups is 1.